The van der Waals surface area contributed by atoms with Crippen molar-refractivity contribution in [3.8, 4) is 11.3 Å². The summed E-state index contributed by atoms with van der Waals surface area (Å²) < 4.78 is 29.5. The van der Waals surface area contributed by atoms with E-state index in [0.29, 0.717) is 16.3 Å². The van der Waals surface area contributed by atoms with Crippen LogP contribution in [0.3, 0.4) is 0 Å². The van der Waals surface area contributed by atoms with Crippen LogP contribution in [0.2, 0.25) is 5.02 Å². The molecule has 1 amide bonds. The lowest BCUT2D eigenvalue weighted by molar-refractivity contribution is -0.593. The Kier molecular flexibility index (Phi) is 6.18. The summed E-state index contributed by atoms with van der Waals surface area (Å²) in [5.74, 6) is -0.388. The van der Waals surface area contributed by atoms with Crippen LogP contribution in [0.25, 0.3) is 21.3 Å². The minimum atomic E-state index is -3.69. The number of aromatic nitrogens is 3. The number of thiophene rings is 1. The van der Waals surface area contributed by atoms with Crippen molar-refractivity contribution in [1.82, 2.24) is 19.2 Å². The van der Waals surface area contributed by atoms with Crippen molar-refractivity contribution in [3.63, 3.8) is 0 Å². The molecule has 4 heterocycles. The zero-order valence-electron chi connectivity index (χ0n) is 18.6. The molecule has 1 fully saturated rings. The fourth-order valence-corrected chi connectivity index (χ4v) is 7.13. The summed E-state index contributed by atoms with van der Waals surface area (Å²) in [5, 5.41) is 13.4. The maximum Gasteiger partial charge on any atom is 0.291 e. The van der Waals surface area contributed by atoms with E-state index in [1.54, 1.807) is 36.4 Å². The average molecular weight is 530 g/mol. The Labute approximate surface area is 210 Å². The second-order valence-corrected chi connectivity index (χ2v) is 11.8. The first-order valence-electron chi connectivity index (χ1n) is 10.7. The number of hydrogen-bond donors (Lipinski definition) is 0. The topological polar surface area (TPSA) is 110 Å². The number of rotatable bonds is 4. The maximum atomic E-state index is 13.2. The molecule has 12 heteroatoms. The predicted molar refractivity (Wildman–Crippen MR) is 133 cm³/mol. The molecule has 1 saturated heterocycles. The fraction of sp³-hybridized carbons (Fsp3) is 0.217. The summed E-state index contributed by atoms with van der Waals surface area (Å²) >= 11 is 7.20. The molecule has 3 aromatic heterocycles. The van der Waals surface area contributed by atoms with Gasteiger partial charge < -0.3 is 10.1 Å². The molecule has 0 atom stereocenters. The van der Waals surface area contributed by atoms with Gasteiger partial charge in [-0.05, 0) is 36.1 Å². The first-order valence-corrected chi connectivity index (χ1v) is 13.4. The molecule has 4 aromatic rings. The van der Waals surface area contributed by atoms with Crippen molar-refractivity contribution in [3.05, 3.63) is 76.6 Å². The molecule has 1 aliphatic heterocycles. The minimum Gasteiger partial charge on any atom is -0.618 e. The minimum absolute atomic E-state index is 0.00320. The largest absolute Gasteiger partial charge is 0.618 e. The second-order valence-electron chi connectivity index (χ2n) is 8.15. The van der Waals surface area contributed by atoms with Gasteiger partial charge in [-0.25, -0.2) is 18.4 Å². The second kappa shape index (κ2) is 9.15. The number of nitrogens with zero attached hydrogens (tertiary/aromatic N) is 5. The van der Waals surface area contributed by atoms with Crippen LogP contribution in [0.5, 0.6) is 0 Å². The third-order valence-corrected chi connectivity index (χ3v) is 9.47. The molecule has 0 unspecified atom stereocenters. The number of amides is 1. The van der Waals surface area contributed by atoms with Crippen LogP contribution in [-0.4, -0.2) is 59.7 Å². The summed E-state index contributed by atoms with van der Waals surface area (Å²) in [6, 6.07) is 10.3. The van der Waals surface area contributed by atoms with E-state index in [1.807, 2.05) is 6.92 Å². The van der Waals surface area contributed by atoms with Gasteiger partial charge in [0.05, 0.1) is 5.56 Å². The zero-order valence-corrected chi connectivity index (χ0v) is 21.0. The highest BCUT2D eigenvalue weighted by Gasteiger charge is 2.32. The lowest BCUT2D eigenvalue weighted by atomic mass is 10.2. The molecule has 0 saturated carbocycles. The van der Waals surface area contributed by atoms with Crippen LogP contribution in [0.4, 0.5) is 0 Å². The van der Waals surface area contributed by atoms with E-state index in [1.165, 1.54) is 39.1 Å². The summed E-state index contributed by atoms with van der Waals surface area (Å²) in [6.45, 7) is 2.65. The molecule has 1 aromatic carbocycles. The van der Waals surface area contributed by atoms with Gasteiger partial charge in [0.2, 0.25) is 11.5 Å². The Balaban J connectivity index is 1.27. The number of carbonyl (C=O) groups excluding carboxylic acids is 1. The van der Waals surface area contributed by atoms with E-state index in [2.05, 4.69) is 9.97 Å². The molecule has 35 heavy (non-hydrogen) atoms. The van der Waals surface area contributed by atoms with Crippen LogP contribution in [0.1, 0.15) is 16.2 Å². The lowest BCUT2D eigenvalue weighted by Crippen LogP contribution is -2.50. The van der Waals surface area contributed by atoms with E-state index in [0.717, 1.165) is 20.4 Å². The molecule has 0 bridgehead atoms. The third-order valence-electron chi connectivity index (χ3n) is 5.79. The summed E-state index contributed by atoms with van der Waals surface area (Å²) in [7, 11) is -3.69. The Morgan fingerprint density at radius 3 is 2.51 bits per heavy atom. The first-order chi connectivity index (χ1) is 16.7. The number of piperazine rings is 1. The highest BCUT2D eigenvalue weighted by Crippen LogP contribution is 2.33. The van der Waals surface area contributed by atoms with Crippen LogP contribution in [0.15, 0.2) is 59.2 Å². The van der Waals surface area contributed by atoms with Crippen LogP contribution >= 0.6 is 22.9 Å². The van der Waals surface area contributed by atoms with Gasteiger partial charge in [0.1, 0.15) is 4.21 Å². The fourth-order valence-electron chi connectivity index (χ4n) is 3.88. The average Bonchev–Trinajstić information content (AvgIpc) is 3.29. The Bertz CT molecular complexity index is 1530. The number of hydrogen-bond acceptors (Lipinski definition) is 7. The number of benzene rings is 1. The van der Waals surface area contributed by atoms with Crippen molar-refractivity contribution < 1.29 is 17.9 Å². The molecular formula is C23H20ClN5O4S2. The predicted octanol–water partition coefficient (Wildman–Crippen LogP) is 3.10. The Morgan fingerprint density at radius 1 is 1.09 bits per heavy atom. The molecule has 5 rings (SSSR count). The van der Waals surface area contributed by atoms with Gasteiger partial charge >= 0.3 is 0 Å². The summed E-state index contributed by atoms with van der Waals surface area (Å²) in [4.78, 5) is 22.7. The number of pyridine rings is 1. The van der Waals surface area contributed by atoms with Crippen LogP contribution in [-0.2, 0) is 10.0 Å². The normalized spacial score (nSPS) is 15.0. The van der Waals surface area contributed by atoms with Gasteiger partial charge in [-0.15, -0.1) is 11.3 Å². The van der Waals surface area contributed by atoms with Crippen molar-refractivity contribution in [2.24, 2.45) is 0 Å². The maximum absolute atomic E-state index is 13.2. The summed E-state index contributed by atoms with van der Waals surface area (Å²) in [5.41, 5.74) is 1.81. The van der Waals surface area contributed by atoms with Gasteiger partial charge in [0.25, 0.3) is 15.9 Å². The molecular weight excluding hydrogens is 510 g/mol. The molecule has 180 valence electrons. The van der Waals surface area contributed by atoms with Gasteiger partial charge in [0, 0.05) is 60.4 Å². The number of fused-ring (bicyclic) bond motifs is 1. The van der Waals surface area contributed by atoms with Crippen molar-refractivity contribution in [2.75, 3.05) is 26.2 Å². The monoisotopic (exact) mass is 529 g/mol. The van der Waals surface area contributed by atoms with E-state index >= 15 is 0 Å². The lowest BCUT2D eigenvalue weighted by Gasteiger charge is -2.33. The van der Waals surface area contributed by atoms with Crippen LogP contribution < -0.4 is 4.73 Å². The highest BCUT2D eigenvalue weighted by molar-refractivity contribution is 7.91. The molecule has 1 aliphatic rings. The number of aryl methyl sites for hydroxylation is 1. The van der Waals surface area contributed by atoms with E-state index in [9.17, 15) is 18.4 Å². The Morgan fingerprint density at radius 2 is 1.80 bits per heavy atom. The zero-order chi connectivity index (χ0) is 24.7. The van der Waals surface area contributed by atoms with Crippen molar-refractivity contribution >= 4 is 49.0 Å². The van der Waals surface area contributed by atoms with E-state index in [-0.39, 0.29) is 42.1 Å². The number of halogens is 1. The SMILES string of the molecule is Cc1cc[n+]([O-])c(-c2cnc(C(=O)N3CCN(S(=O)(=O)c4cc5ccc(Cl)cc5s4)CC3)nc2)c1. The molecule has 0 spiro atoms. The van der Waals surface area contributed by atoms with E-state index < -0.39 is 10.0 Å². The van der Waals surface area contributed by atoms with Gasteiger partial charge in [-0.2, -0.15) is 9.04 Å². The quantitative estimate of drug-likeness (QED) is 0.297. The standard InChI is InChI=1S/C23H20ClN5O4S2/c1-15-4-5-29(31)19(10-15)17-13-25-22(26-14-17)23(30)27-6-8-28(9-7-27)35(32,33)21-11-16-2-3-18(24)12-20(16)34-21/h2-5,10-14H,6-9H2,1H3. The highest BCUT2D eigenvalue weighted by atomic mass is 35.5. The number of sulfonamides is 1. The van der Waals surface area contributed by atoms with Crippen molar-refractivity contribution in [2.45, 2.75) is 11.1 Å². The van der Waals surface area contributed by atoms with Crippen molar-refractivity contribution in [1.29, 1.82) is 0 Å². The van der Waals surface area contributed by atoms with Gasteiger partial charge in [-0.3, -0.25) is 4.79 Å². The molecule has 0 N–H and O–H groups in total. The van der Waals surface area contributed by atoms with Gasteiger partial charge in [0.15, 0.2) is 6.20 Å². The van der Waals surface area contributed by atoms with E-state index in [4.69, 9.17) is 11.6 Å². The third kappa shape index (κ3) is 4.59. The van der Waals surface area contributed by atoms with Crippen LogP contribution in [0, 0.1) is 12.1 Å². The van der Waals surface area contributed by atoms with Gasteiger partial charge in [-0.1, -0.05) is 17.7 Å². The molecule has 0 radical (unpaired) electrons. The molecule has 9 nitrogen and oxygen atoms in total. The number of carbonyl (C=O) groups is 1. The smallest absolute Gasteiger partial charge is 0.291 e. The first kappa shape index (κ1) is 23.6. The summed E-state index contributed by atoms with van der Waals surface area (Å²) in [6.07, 6.45) is 4.29. The Hall–Kier alpha value is -3.12. The molecule has 0 aliphatic carbocycles.